The number of aromatic nitrogens is 2. The number of nitrogens with zero attached hydrogens (tertiary/aromatic N) is 3. The van der Waals surface area contributed by atoms with Gasteiger partial charge in [0.15, 0.2) is 0 Å². The van der Waals surface area contributed by atoms with Crippen molar-refractivity contribution in [2.24, 2.45) is 11.3 Å². The molecular formula is C17H27F2N3O2. The number of carbonyl (C=O) groups excluding carboxylic acids is 1. The molecule has 0 aliphatic carbocycles. The van der Waals surface area contributed by atoms with Crippen molar-refractivity contribution in [3.63, 3.8) is 0 Å². The van der Waals surface area contributed by atoms with Gasteiger partial charge in [0.2, 0.25) is 0 Å². The zero-order chi connectivity index (χ0) is 18.1. The van der Waals surface area contributed by atoms with E-state index in [0.717, 1.165) is 0 Å². The van der Waals surface area contributed by atoms with E-state index >= 15 is 0 Å². The molecule has 1 unspecified atom stereocenters. The lowest BCUT2D eigenvalue weighted by atomic mass is 9.88. The van der Waals surface area contributed by atoms with Crippen molar-refractivity contribution in [1.29, 1.82) is 0 Å². The Bertz CT molecular complexity index is 579. The van der Waals surface area contributed by atoms with E-state index in [1.165, 1.54) is 10.9 Å². The molecule has 2 rings (SSSR count). The van der Waals surface area contributed by atoms with Gasteiger partial charge in [0.05, 0.1) is 18.3 Å². The van der Waals surface area contributed by atoms with Crippen LogP contribution in [0.25, 0.3) is 0 Å². The number of ether oxygens (including phenoxy) is 1. The Balaban J connectivity index is 2.23. The molecule has 5 nitrogen and oxygen atoms in total. The average molecular weight is 343 g/mol. The topological polar surface area (TPSA) is 47.4 Å². The second-order valence-corrected chi connectivity index (χ2v) is 7.82. The van der Waals surface area contributed by atoms with E-state index in [0.29, 0.717) is 26.2 Å². The number of hydrogen-bond donors (Lipinski definition) is 0. The molecule has 136 valence electrons. The Morgan fingerprint density at radius 1 is 1.42 bits per heavy atom. The summed E-state index contributed by atoms with van der Waals surface area (Å²) in [5.74, 6) is -0.134. The Morgan fingerprint density at radius 2 is 2.08 bits per heavy atom. The lowest BCUT2D eigenvalue weighted by Crippen LogP contribution is -2.50. The van der Waals surface area contributed by atoms with E-state index in [1.54, 1.807) is 4.90 Å². The lowest BCUT2D eigenvalue weighted by molar-refractivity contribution is -0.0707. The third-order valence-corrected chi connectivity index (χ3v) is 4.10. The first-order valence-corrected chi connectivity index (χ1v) is 8.36. The number of halogens is 2. The van der Waals surface area contributed by atoms with Crippen LogP contribution in [0.15, 0.2) is 6.20 Å². The maximum Gasteiger partial charge on any atom is 0.282 e. The van der Waals surface area contributed by atoms with Crippen molar-refractivity contribution < 1.29 is 18.3 Å². The maximum atomic E-state index is 13.3. The summed E-state index contributed by atoms with van der Waals surface area (Å²) in [7, 11) is 0. The second kappa shape index (κ2) is 7.17. The van der Waals surface area contributed by atoms with Gasteiger partial charge in [-0.1, -0.05) is 34.6 Å². The van der Waals surface area contributed by atoms with Gasteiger partial charge in [-0.25, -0.2) is 8.78 Å². The van der Waals surface area contributed by atoms with Crippen LogP contribution in [-0.4, -0.2) is 46.4 Å². The third kappa shape index (κ3) is 4.32. The predicted octanol–water partition coefficient (Wildman–Crippen LogP) is 3.36. The number of morpholine rings is 1. The van der Waals surface area contributed by atoms with E-state index in [-0.39, 0.29) is 23.0 Å². The van der Waals surface area contributed by atoms with E-state index < -0.39 is 18.0 Å². The fourth-order valence-electron chi connectivity index (χ4n) is 2.76. The number of hydrogen-bond acceptors (Lipinski definition) is 3. The summed E-state index contributed by atoms with van der Waals surface area (Å²) >= 11 is 0. The Labute approximate surface area is 142 Å². The molecule has 1 aliphatic rings. The van der Waals surface area contributed by atoms with Crippen LogP contribution in [0.1, 0.15) is 57.1 Å². The van der Waals surface area contributed by atoms with Crippen molar-refractivity contribution in [2.45, 2.75) is 53.7 Å². The van der Waals surface area contributed by atoms with Crippen LogP contribution in [0.5, 0.6) is 0 Å². The molecule has 7 heteroatoms. The molecule has 1 aromatic rings. The Kier molecular flexibility index (Phi) is 5.63. The van der Waals surface area contributed by atoms with Crippen molar-refractivity contribution in [3.05, 3.63) is 17.5 Å². The SMILES string of the molecule is CC(C)Cn1cc(C(=O)N2CCOC(C(C)(C)C)C2)c(C(F)F)n1. The number of rotatable bonds is 4. The molecule has 0 spiro atoms. The molecule has 1 aliphatic heterocycles. The molecule has 1 atom stereocenters. The average Bonchev–Trinajstić information content (AvgIpc) is 2.89. The van der Waals surface area contributed by atoms with E-state index in [4.69, 9.17) is 4.74 Å². The normalized spacial score (nSPS) is 19.4. The van der Waals surface area contributed by atoms with E-state index in [1.807, 2.05) is 34.6 Å². The standard InChI is InChI=1S/C17H27F2N3O2/c1-11(2)8-22-9-12(14(20-22)15(18)19)16(23)21-6-7-24-13(10-21)17(3,4)5/h9,11,13,15H,6-8,10H2,1-5H3. The zero-order valence-electron chi connectivity index (χ0n) is 15.1. The van der Waals surface area contributed by atoms with Crippen molar-refractivity contribution in [3.8, 4) is 0 Å². The fourth-order valence-corrected chi connectivity index (χ4v) is 2.76. The molecule has 0 N–H and O–H groups in total. The minimum Gasteiger partial charge on any atom is -0.374 e. The van der Waals surface area contributed by atoms with E-state index in [2.05, 4.69) is 5.10 Å². The summed E-state index contributed by atoms with van der Waals surface area (Å²) in [5.41, 5.74) is -0.550. The van der Waals surface area contributed by atoms with Gasteiger partial charge in [-0.05, 0) is 11.3 Å². The molecule has 0 radical (unpaired) electrons. The highest BCUT2D eigenvalue weighted by atomic mass is 19.3. The van der Waals surface area contributed by atoms with Gasteiger partial charge in [0.25, 0.3) is 12.3 Å². The highest BCUT2D eigenvalue weighted by Gasteiger charge is 2.35. The number of alkyl halides is 2. The molecule has 1 amide bonds. The summed E-state index contributed by atoms with van der Waals surface area (Å²) < 4.78 is 33.8. The van der Waals surface area contributed by atoms with Crippen LogP contribution in [0.2, 0.25) is 0 Å². The molecular weight excluding hydrogens is 316 g/mol. The molecule has 0 aromatic carbocycles. The summed E-state index contributed by atoms with van der Waals surface area (Å²) in [6.07, 6.45) is -1.43. The highest BCUT2D eigenvalue weighted by Crippen LogP contribution is 2.28. The molecule has 0 saturated carbocycles. The van der Waals surface area contributed by atoms with Gasteiger partial charge >= 0.3 is 0 Å². The fraction of sp³-hybridized carbons (Fsp3) is 0.765. The summed E-state index contributed by atoms with van der Waals surface area (Å²) in [6, 6.07) is 0. The zero-order valence-corrected chi connectivity index (χ0v) is 15.1. The minimum absolute atomic E-state index is 0.000194. The molecule has 1 aromatic heterocycles. The van der Waals surface area contributed by atoms with Gasteiger partial charge in [-0.15, -0.1) is 0 Å². The van der Waals surface area contributed by atoms with Crippen LogP contribution < -0.4 is 0 Å². The van der Waals surface area contributed by atoms with Gasteiger partial charge < -0.3 is 9.64 Å². The Morgan fingerprint density at radius 3 is 2.62 bits per heavy atom. The maximum absolute atomic E-state index is 13.3. The van der Waals surface area contributed by atoms with Crippen LogP contribution >= 0.6 is 0 Å². The second-order valence-electron chi connectivity index (χ2n) is 7.82. The molecule has 24 heavy (non-hydrogen) atoms. The van der Waals surface area contributed by atoms with Gasteiger partial charge in [0, 0.05) is 25.8 Å². The molecule has 0 bridgehead atoms. The van der Waals surface area contributed by atoms with Gasteiger partial charge in [-0.2, -0.15) is 5.10 Å². The van der Waals surface area contributed by atoms with Crippen LogP contribution in [0.4, 0.5) is 8.78 Å². The van der Waals surface area contributed by atoms with Crippen LogP contribution in [-0.2, 0) is 11.3 Å². The minimum atomic E-state index is -2.77. The predicted molar refractivity (Wildman–Crippen MR) is 87.1 cm³/mol. The molecule has 2 heterocycles. The largest absolute Gasteiger partial charge is 0.374 e. The first-order chi connectivity index (χ1) is 11.1. The first kappa shape index (κ1) is 18.8. The molecule has 1 fully saturated rings. The van der Waals surface area contributed by atoms with Crippen LogP contribution in [0, 0.1) is 11.3 Å². The smallest absolute Gasteiger partial charge is 0.282 e. The van der Waals surface area contributed by atoms with Crippen molar-refractivity contribution >= 4 is 5.91 Å². The molecule has 1 saturated heterocycles. The van der Waals surface area contributed by atoms with Gasteiger partial charge in [0.1, 0.15) is 5.69 Å². The summed E-state index contributed by atoms with van der Waals surface area (Å²) in [6.45, 7) is 11.8. The quantitative estimate of drug-likeness (QED) is 0.842. The first-order valence-electron chi connectivity index (χ1n) is 8.36. The monoisotopic (exact) mass is 343 g/mol. The Hall–Kier alpha value is -1.50. The van der Waals surface area contributed by atoms with Crippen LogP contribution in [0.3, 0.4) is 0 Å². The summed E-state index contributed by atoms with van der Waals surface area (Å²) in [4.78, 5) is 14.4. The van der Waals surface area contributed by atoms with E-state index in [9.17, 15) is 13.6 Å². The number of amides is 1. The summed E-state index contributed by atoms with van der Waals surface area (Å²) in [5, 5.41) is 3.92. The lowest BCUT2D eigenvalue weighted by Gasteiger charge is -2.39. The van der Waals surface area contributed by atoms with Crippen molar-refractivity contribution in [1.82, 2.24) is 14.7 Å². The number of carbonyl (C=O) groups is 1. The van der Waals surface area contributed by atoms with Gasteiger partial charge in [-0.3, -0.25) is 9.48 Å². The highest BCUT2D eigenvalue weighted by molar-refractivity contribution is 5.95. The van der Waals surface area contributed by atoms with Crippen molar-refractivity contribution in [2.75, 3.05) is 19.7 Å². The third-order valence-electron chi connectivity index (χ3n) is 4.10.